The van der Waals surface area contributed by atoms with E-state index >= 15 is 0 Å². The number of ether oxygens (including phenoxy) is 4. The average Bonchev–Trinajstić information content (AvgIpc) is 3.41. The largest absolute Gasteiger partial charge is 0.480 e. The molecule has 1 atom stereocenters. The Bertz CT molecular complexity index is 1190. The number of fused-ring (bicyclic) bond motifs is 3. The summed E-state index contributed by atoms with van der Waals surface area (Å²) in [5, 5.41) is 0.952. The number of esters is 2. The van der Waals surface area contributed by atoms with Crippen LogP contribution in [0.25, 0.3) is 19.5 Å². The van der Waals surface area contributed by atoms with Gasteiger partial charge in [-0.1, -0.05) is 31.4 Å². The third kappa shape index (κ3) is 4.97. The van der Waals surface area contributed by atoms with E-state index in [9.17, 15) is 14.4 Å². The smallest absolute Gasteiger partial charge is 0.412 e. The molecule has 8 nitrogen and oxygen atoms in total. The predicted molar refractivity (Wildman–Crippen MR) is 131 cm³/mol. The molecule has 0 radical (unpaired) electrons. The van der Waals surface area contributed by atoms with Crippen LogP contribution in [0.4, 0.5) is 4.79 Å². The first-order valence-electron chi connectivity index (χ1n) is 11.1. The van der Waals surface area contributed by atoms with E-state index in [0.717, 1.165) is 51.6 Å². The molecule has 34 heavy (non-hydrogen) atoms. The van der Waals surface area contributed by atoms with E-state index in [1.54, 1.807) is 13.0 Å². The van der Waals surface area contributed by atoms with E-state index in [4.69, 9.17) is 18.9 Å². The zero-order chi connectivity index (χ0) is 24.2. The van der Waals surface area contributed by atoms with Gasteiger partial charge in [-0.2, -0.15) is 0 Å². The number of methoxy groups -OCH3 is 2. The molecule has 1 aliphatic carbocycles. The van der Waals surface area contributed by atoms with Gasteiger partial charge in [-0.3, -0.25) is 4.90 Å². The van der Waals surface area contributed by atoms with Crippen LogP contribution in [0.3, 0.4) is 0 Å². The van der Waals surface area contributed by atoms with Gasteiger partial charge in [0.05, 0.1) is 23.6 Å². The predicted octanol–water partition coefficient (Wildman–Crippen LogP) is 5.57. The molecule has 1 saturated carbocycles. The highest BCUT2D eigenvalue weighted by Crippen LogP contribution is 2.43. The lowest BCUT2D eigenvalue weighted by atomic mass is 9.94. The summed E-state index contributed by atoms with van der Waals surface area (Å²) in [5.41, 5.74) is 0. The minimum absolute atomic E-state index is 0.00685. The molecule has 0 N–H and O–H groups in total. The quantitative estimate of drug-likeness (QED) is 0.235. The van der Waals surface area contributed by atoms with Crippen LogP contribution in [0, 0.1) is 0 Å². The number of carbonyl (C=O) groups excluding carboxylic acids is 3. The second-order valence-corrected chi connectivity index (χ2v) is 10.2. The Hall–Kier alpha value is -2.85. The van der Waals surface area contributed by atoms with Crippen LogP contribution in [0.1, 0.15) is 48.7 Å². The Balaban J connectivity index is 1.44. The lowest BCUT2D eigenvalue weighted by Crippen LogP contribution is -2.48. The first-order valence-corrected chi connectivity index (χ1v) is 12.8. The Kier molecular flexibility index (Phi) is 7.57. The van der Waals surface area contributed by atoms with Gasteiger partial charge in [-0.05, 0) is 31.9 Å². The molecule has 3 aromatic rings. The SMILES string of the molecule is COC(=O)c1cc2sc3c(OCC(=O)OC(C)N(C(=O)OC)C4CCCCC4)cccc3c2s1. The zero-order valence-electron chi connectivity index (χ0n) is 19.3. The molecule has 1 aromatic carbocycles. The molecule has 2 heterocycles. The summed E-state index contributed by atoms with van der Waals surface area (Å²) in [6, 6.07) is 7.40. The number of amides is 1. The van der Waals surface area contributed by atoms with Crippen LogP contribution >= 0.6 is 22.7 Å². The fourth-order valence-electron chi connectivity index (χ4n) is 4.34. The van der Waals surface area contributed by atoms with Crippen molar-refractivity contribution < 1.29 is 33.3 Å². The van der Waals surface area contributed by atoms with Gasteiger partial charge in [-0.15, -0.1) is 22.7 Å². The molecular weight excluding hydrogens is 478 g/mol. The first kappa shape index (κ1) is 24.3. The highest BCUT2D eigenvalue weighted by Gasteiger charge is 2.32. The summed E-state index contributed by atoms with van der Waals surface area (Å²) in [5.74, 6) is -0.368. The molecule has 1 fully saturated rings. The molecule has 4 rings (SSSR count). The van der Waals surface area contributed by atoms with Gasteiger partial charge in [0.15, 0.2) is 12.8 Å². The standard InChI is InChI=1S/C24H27NO7S2/c1-14(25(24(28)30-3)15-8-5-4-6-9-15)32-20(26)13-31-17-11-7-10-16-21(17)33-18-12-19(23(27)29-2)34-22(16)18/h7,10-12,14-15H,4-6,8-9,13H2,1-3H3. The average molecular weight is 506 g/mol. The second kappa shape index (κ2) is 10.6. The van der Waals surface area contributed by atoms with Gasteiger partial charge in [0.25, 0.3) is 0 Å². The number of thiophene rings is 2. The summed E-state index contributed by atoms with van der Waals surface area (Å²) >= 11 is 2.86. The molecule has 2 aromatic heterocycles. The summed E-state index contributed by atoms with van der Waals surface area (Å²) in [4.78, 5) is 38.8. The number of nitrogens with zero attached hydrogens (tertiary/aromatic N) is 1. The van der Waals surface area contributed by atoms with Crippen molar-refractivity contribution in [2.24, 2.45) is 0 Å². The maximum absolute atomic E-state index is 12.6. The Labute approximate surface area is 205 Å². The van der Waals surface area contributed by atoms with Crippen molar-refractivity contribution in [2.75, 3.05) is 20.8 Å². The number of rotatable bonds is 7. The molecule has 0 bridgehead atoms. The molecule has 1 aliphatic rings. The first-order chi connectivity index (χ1) is 16.4. The van der Waals surface area contributed by atoms with E-state index in [0.29, 0.717) is 10.6 Å². The van der Waals surface area contributed by atoms with Gasteiger partial charge in [0, 0.05) is 16.1 Å². The Morgan fingerprint density at radius 2 is 1.82 bits per heavy atom. The summed E-state index contributed by atoms with van der Waals surface area (Å²) in [6.45, 7) is 1.39. The van der Waals surface area contributed by atoms with Gasteiger partial charge in [0.1, 0.15) is 10.6 Å². The van der Waals surface area contributed by atoms with Gasteiger partial charge in [0.2, 0.25) is 0 Å². The summed E-state index contributed by atoms with van der Waals surface area (Å²) in [6.07, 6.45) is 3.68. The fraction of sp³-hybridized carbons (Fsp3) is 0.458. The number of benzene rings is 1. The fourth-order valence-corrected chi connectivity index (χ4v) is 6.84. The van der Waals surface area contributed by atoms with E-state index in [1.807, 2.05) is 18.2 Å². The zero-order valence-corrected chi connectivity index (χ0v) is 21.0. The van der Waals surface area contributed by atoms with Crippen LogP contribution in [-0.2, 0) is 19.0 Å². The van der Waals surface area contributed by atoms with E-state index < -0.39 is 18.3 Å². The van der Waals surface area contributed by atoms with Crippen molar-refractivity contribution in [3.05, 3.63) is 29.1 Å². The van der Waals surface area contributed by atoms with Gasteiger partial charge in [-0.25, -0.2) is 14.4 Å². The van der Waals surface area contributed by atoms with Crippen LogP contribution in [0.15, 0.2) is 24.3 Å². The number of carbonyl (C=O) groups is 3. The molecule has 0 aliphatic heterocycles. The highest BCUT2D eigenvalue weighted by molar-refractivity contribution is 7.33. The minimum Gasteiger partial charge on any atom is -0.480 e. The van der Waals surface area contributed by atoms with Gasteiger partial charge >= 0.3 is 18.0 Å². The number of hydrogen-bond acceptors (Lipinski definition) is 9. The Morgan fingerprint density at radius 3 is 2.53 bits per heavy atom. The lowest BCUT2D eigenvalue weighted by Gasteiger charge is -2.36. The number of hydrogen-bond donors (Lipinski definition) is 0. The van der Waals surface area contributed by atoms with Crippen molar-refractivity contribution in [2.45, 2.75) is 51.3 Å². The van der Waals surface area contributed by atoms with Crippen LogP contribution in [0.2, 0.25) is 0 Å². The van der Waals surface area contributed by atoms with Crippen molar-refractivity contribution >= 4 is 60.2 Å². The summed E-state index contributed by atoms with van der Waals surface area (Å²) in [7, 11) is 2.69. The van der Waals surface area contributed by atoms with Crippen molar-refractivity contribution in [3.8, 4) is 5.75 Å². The highest BCUT2D eigenvalue weighted by atomic mass is 32.1. The molecule has 1 amide bonds. The van der Waals surface area contributed by atoms with Crippen molar-refractivity contribution in [1.82, 2.24) is 4.90 Å². The van der Waals surface area contributed by atoms with Crippen molar-refractivity contribution in [3.63, 3.8) is 0 Å². The minimum atomic E-state index is -0.758. The van der Waals surface area contributed by atoms with Crippen LogP contribution < -0.4 is 4.74 Å². The molecule has 0 spiro atoms. The summed E-state index contributed by atoms with van der Waals surface area (Å²) < 4.78 is 23.9. The monoisotopic (exact) mass is 505 g/mol. The maximum Gasteiger partial charge on any atom is 0.412 e. The molecular formula is C24H27NO7S2. The molecule has 1 unspecified atom stereocenters. The lowest BCUT2D eigenvalue weighted by molar-refractivity contribution is -0.160. The normalized spacial score (nSPS) is 15.1. The second-order valence-electron chi connectivity index (χ2n) is 8.08. The van der Waals surface area contributed by atoms with E-state index in [2.05, 4.69) is 0 Å². The van der Waals surface area contributed by atoms with E-state index in [-0.39, 0.29) is 18.6 Å². The third-order valence-corrected chi connectivity index (χ3v) is 8.36. The van der Waals surface area contributed by atoms with Crippen molar-refractivity contribution in [1.29, 1.82) is 0 Å². The molecule has 182 valence electrons. The van der Waals surface area contributed by atoms with Gasteiger partial charge < -0.3 is 18.9 Å². The topological polar surface area (TPSA) is 91.4 Å². The third-order valence-electron chi connectivity index (χ3n) is 5.91. The molecule has 0 saturated heterocycles. The van der Waals surface area contributed by atoms with E-state index in [1.165, 1.54) is 41.8 Å². The Morgan fingerprint density at radius 1 is 1.06 bits per heavy atom. The maximum atomic E-state index is 12.6. The molecule has 10 heteroatoms. The van der Waals surface area contributed by atoms with Crippen LogP contribution in [-0.4, -0.2) is 56.0 Å². The van der Waals surface area contributed by atoms with Crippen LogP contribution in [0.5, 0.6) is 5.75 Å².